The molecule has 2 rings (SSSR count). The lowest BCUT2D eigenvalue weighted by atomic mass is 10.2. The van der Waals surface area contributed by atoms with Crippen LogP contribution in [0, 0.1) is 0 Å². The average molecular weight is 275 g/mol. The quantitative estimate of drug-likeness (QED) is 0.787. The van der Waals surface area contributed by atoms with Crippen LogP contribution in [0.4, 0.5) is 0 Å². The first-order chi connectivity index (χ1) is 9.54. The average Bonchev–Trinajstić information content (AvgIpc) is 2.81. The number of rotatable bonds is 4. The van der Waals surface area contributed by atoms with E-state index in [9.17, 15) is 9.59 Å². The highest BCUT2D eigenvalue weighted by molar-refractivity contribution is 6.04. The summed E-state index contributed by atoms with van der Waals surface area (Å²) >= 11 is 0. The fourth-order valence-corrected chi connectivity index (χ4v) is 2.02. The number of aryl methyl sites for hydroxylation is 1. The Morgan fingerprint density at radius 1 is 1.35 bits per heavy atom. The Hall–Kier alpha value is -2.37. The van der Waals surface area contributed by atoms with Gasteiger partial charge in [-0.05, 0) is 6.07 Å². The molecule has 6 nitrogen and oxygen atoms in total. The van der Waals surface area contributed by atoms with Gasteiger partial charge in [0.1, 0.15) is 0 Å². The molecule has 106 valence electrons. The molecule has 0 fully saturated rings. The molecule has 2 aromatic rings. The Bertz CT molecular complexity index is 648. The molecule has 6 heteroatoms. The molecule has 0 saturated carbocycles. The number of benzene rings is 1. The lowest BCUT2D eigenvalue weighted by Gasteiger charge is -2.15. The van der Waals surface area contributed by atoms with Crippen molar-refractivity contribution in [2.24, 2.45) is 7.05 Å². The molecule has 1 aromatic heterocycles. The second kappa shape index (κ2) is 5.73. The van der Waals surface area contributed by atoms with Gasteiger partial charge in [0.2, 0.25) is 0 Å². The summed E-state index contributed by atoms with van der Waals surface area (Å²) in [5, 5.41) is 5.08. The fourth-order valence-electron chi connectivity index (χ4n) is 2.02. The first-order valence-corrected chi connectivity index (χ1v) is 6.28. The van der Waals surface area contributed by atoms with E-state index in [0.717, 1.165) is 10.9 Å². The van der Waals surface area contributed by atoms with Crippen LogP contribution in [0.25, 0.3) is 10.9 Å². The molecule has 0 bridgehead atoms. The molecule has 20 heavy (non-hydrogen) atoms. The molecule has 0 aliphatic carbocycles. The third-order valence-electron chi connectivity index (χ3n) is 3.19. The van der Waals surface area contributed by atoms with Gasteiger partial charge in [0.15, 0.2) is 5.69 Å². The van der Waals surface area contributed by atoms with E-state index >= 15 is 0 Å². The van der Waals surface area contributed by atoms with Crippen molar-refractivity contribution in [2.75, 3.05) is 20.7 Å². The standard InChI is InChI=1S/C14H17N3O3/c1-16(9-8-12(18)20-3)14(19)13-10-6-4-5-7-11(10)17(2)15-13/h4-7H,8-9H2,1-3H3. The van der Waals surface area contributed by atoms with Gasteiger partial charge < -0.3 is 9.64 Å². The van der Waals surface area contributed by atoms with Gasteiger partial charge in [0.05, 0.1) is 19.0 Å². The van der Waals surface area contributed by atoms with Crippen LogP contribution in [0.3, 0.4) is 0 Å². The predicted octanol–water partition coefficient (Wildman–Crippen LogP) is 1.21. The molecule has 0 saturated heterocycles. The van der Waals surface area contributed by atoms with Crippen molar-refractivity contribution in [3.05, 3.63) is 30.0 Å². The largest absolute Gasteiger partial charge is 0.469 e. The van der Waals surface area contributed by atoms with E-state index in [0.29, 0.717) is 12.2 Å². The van der Waals surface area contributed by atoms with E-state index in [1.807, 2.05) is 24.3 Å². The summed E-state index contributed by atoms with van der Waals surface area (Å²) in [6, 6.07) is 7.55. The molecule has 1 aromatic carbocycles. The highest BCUT2D eigenvalue weighted by Gasteiger charge is 2.19. The Labute approximate surface area is 116 Å². The van der Waals surface area contributed by atoms with Crippen molar-refractivity contribution < 1.29 is 14.3 Å². The van der Waals surface area contributed by atoms with Crippen molar-refractivity contribution >= 4 is 22.8 Å². The van der Waals surface area contributed by atoms with Crippen LogP contribution in [0.15, 0.2) is 24.3 Å². The Balaban J connectivity index is 2.21. The minimum absolute atomic E-state index is 0.170. The van der Waals surface area contributed by atoms with Crippen LogP contribution in [-0.2, 0) is 16.6 Å². The summed E-state index contributed by atoms with van der Waals surface area (Å²) in [5.41, 5.74) is 1.30. The number of hydrogen-bond donors (Lipinski definition) is 0. The molecule has 0 radical (unpaired) electrons. The van der Waals surface area contributed by atoms with E-state index in [4.69, 9.17) is 0 Å². The third kappa shape index (κ3) is 2.64. The number of amides is 1. The molecule has 1 heterocycles. The van der Waals surface area contributed by atoms with Crippen LogP contribution in [-0.4, -0.2) is 47.3 Å². The van der Waals surface area contributed by atoms with Gasteiger partial charge in [0.25, 0.3) is 5.91 Å². The number of fused-ring (bicyclic) bond motifs is 1. The zero-order valence-corrected chi connectivity index (χ0v) is 11.8. The van der Waals surface area contributed by atoms with E-state index in [1.165, 1.54) is 12.0 Å². The summed E-state index contributed by atoms with van der Waals surface area (Å²) in [7, 11) is 4.78. The van der Waals surface area contributed by atoms with Gasteiger partial charge >= 0.3 is 5.97 Å². The number of aromatic nitrogens is 2. The number of para-hydroxylation sites is 1. The summed E-state index contributed by atoms with van der Waals surface area (Å²) in [5.74, 6) is -0.541. The van der Waals surface area contributed by atoms with Crippen molar-refractivity contribution in [2.45, 2.75) is 6.42 Å². The summed E-state index contributed by atoms with van der Waals surface area (Å²) < 4.78 is 6.24. The lowest BCUT2D eigenvalue weighted by molar-refractivity contribution is -0.140. The van der Waals surface area contributed by atoms with Crippen molar-refractivity contribution in [3.63, 3.8) is 0 Å². The molecule has 0 N–H and O–H groups in total. The second-order valence-corrected chi connectivity index (χ2v) is 4.54. The van der Waals surface area contributed by atoms with Crippen molar-refractivity contribution in [3.8, 4) is 0 Å². The highest BCUT2D eigenvalue weighted by atomic mass is 16.5. The van der Waals surface area contributed by atoms with Crippen molar-refractivity contribution in [1.82, 2.24) is 14.7 Å². The fraction of sp³-hybridized carbons (Fsp3) is 0.357. The summed E-state index contributed by atoms with van der Waals surface area (Å²) in [4.78, 5) is 25.0. The molecular formula is C14H17N3O3. The Kier molecular flexibility index (Phi) is 4.02. The molecule has 1 amide bonds. The SMILES string of the molecule is COC(=O)CCN(C)C(=O)c1nn(C)c2ccccc12. The minimum Gasteiger partial charge on any atom is -0.469 e. The molecule has 0 atom stereocenters. The van der Waals surface area contributed by atoms with Crippen LogP contribution in [0.1, 0.15) is 16.9 Å². The van der Waals surface area contributed by atoms with E-state index < -0.39 is 0 Å². The van der Waals surface area contributed by atoms with Crippen LogP contribution < -0.4 is 0 Å². The number of carbonyl (C=O) groups is 2. The zero-order chi connectivity index (χ0) is 14.7. The highest BCUT2D eigenvalue weighted by Crippen LogP contribution is 2.18. The Morgan fingerprint density at radius 3 is 2.75 bits per heavy atom. The number of esters is 1. The summed E-state index contributed by atoms with van der Waals surface area (Å²) in [6.45, 7) is 0.302. The molecule has 0 spiro atoms. The monoisotopic (exact) mass is 275 g/mol. The molecular weight excluding hydrogens is 258 g/mol. The van der Waals surface area contributed by atoms with Gasteiger partial charge in [-0.2, -0.15) is 5.10 Å². The maximum absolute atomic E-state index is 12.4. The normalized spacial score (nSPS) is 10.6. The van der Waals surface area contributed by atoms with Gasteiger partial charge in [-0.25, -0.2) is 0 Å². The molecule has 0 unspecified atom stereocenters. The first kappa shape index (κ1) is 14.0. The number of nitrogens with zero attached hydrogens (tertiary/aromatic N) is 3. The van der Waals surface area contributed by atoms with E-state index in [-0.39, 0.29) is 18.3 Å². The predicted molar refractivity (Wildman–Crippen MR) is 74.3 cm³/mol. The van der Waals surface area contributed by atoms with Crippen LogP contribution >= 0.6 is 0 Å². The third-order valence-corrected chi connectivity index (χ3v) is 3.19. The number of methoxy groups -OCH3 is 1. The molecule has 0 aliphatic rings. The maximum atomic E-state index is 12.4. The van der Waals surface area contributed by atoms with Gasteiger partial charge in [-0.15, -0.1) is 0 Å². The number of carbonyl (C=O) groups excluding carboxylic acids is 2. The minimum atomic E-state index is -0.337. The number of hydrogen-bond acceptors (Lipinski definition) is 4. The zero-order valence-electron chi connectivity index (χ0n) is 11.8. The van der Waals surface area contributed by atoms with E-state index in [1.54, 1.807) is 18.8 Å². The maximum Gasteiger partial charge on any atom is 0.307 e. The molecule has 0 aliphatic heterocycles. The summed E-state index contributed by atoms with van der Waals surface area (Å²) in [6.07, 6.45) is 0.170. The number of ether oxygens (including phenoxy) is 1. The van der Waals surface area contributed by atoms with Crippen molar-refractivity contribution in [1.29, 1.82) is 0 Å². The topological polar surface area (TPSA) is 64.4 Å². The lowest BCUT2D eigenvalue weighted by Crippen LogP contribution is -2.29. The van der Waals surface area contributed by atoms with Gasteiger partial charge in [-0.3, -0.25) is 14.3 Å². The Morgan fingerprint density at radius 2 is 2.05 bits per heavy atom. The smallest absolute Gasteiger partial charge is 0.307 e. The van der Waals surface area contributed by atoms with Crippen LogP contribution in [0.5, 0.6) is 0 Å². The van der Waals surface area contributed by atoms with Crippen LogP contribution in [0.2, 0.25) is 0 Å². The van der Waals surface area contributed by atoms with Gasteiger partial charge in [0, 0.05) is 26.0 Å². The van der Waals surface area contributed by atoms with Gasteiger partial charge in [-0.1, -0.05) is 18.2 Å². The first-order valence-electron chi connectivity index (χ1n) is 6.28. The second-order valence-electron chi connectivity index (χ2n) is 4.54. The van der Waals surface area contributed by atoms with E-state index in [2.05, 4.69) is 9.84 Å².